The quantitative estimate of drug-likeness (QED) is 0.854. The van der Waals surface area contributed by atoms with Crippen LogP contribution in [0, 0.1) is 5.92 Å². The second-order valence-electron chi connectivity index (χ2n) is 5.06. The van der Waals surface area contributed by atoms with E-state index in [1.807, 2.05) is 26.0 Å². The molecule has 0 fully saturated rings. The monoisotopic (exact) mass is 286 g/mol. The van der Waals surface area contributed by atoms with Crippen LogP contribution in [-0.2, 0) is 0 Å². The van der Waals surface area contributed by atoms with Crippen LogP contribution in [0.25, 0.3) is 12.2 Å². The molecule has 2 rings (SSSR count). The van der Waals surface area contributed by atoms with Gasteiger partial charge in [0.15, 0.2) is 0 Å². The molecular formula is C16H18N2O3. The highest BCUT2D eigenvalue weighted by Gasteiger charge is 1.97. The number of aromatic nitrogens is 2. The average molecular weight is 286 g/mol. The van der Waals surface area contributed by atoms with Crippen molar-refractivity contribution in [3.05, 3.63) is 61.2 Å². The minimum absolute atomic E-state index is 0.179. The van der Waals surface area contributed by atoms with E-state index >= 15 is 0 Å². The molecule has 21 heavy (non-hydrogen) atoms. The fourth-order valence-corrected chi connectivity index (χ4v) is 1.91. The van der Waals surface area contributed by atoms with Crippen molar-refractivity contribution in [3.8, 4) is 5.75 Å². The molecule has 0 spiro atoms. The molecule has 0 unspecified atom stereocenters. The number of aromatic amines is 2. The molecule has 110 valence electrons. The Hall–Kier alpha value is -2.56. The highest BCUT2D eigenvalue weighted by Crippen LogP contribution is 2.11. The Morgan fingerprint density at radius 2 is 1.57 bits per heavy atom. The number of ether oxygens (including phenoxy) is 1. The van der Waals surface area contributed by atoms with Crippen molar-refractivity contribution in [2.75, 3.05) is 7.11 Å². The van der Waals surface area contributed by atoms with Gasteiger partial charge < -0.3 is 14.7 Å². The Morgan fingerprint density at radius 1 is 1.00 bits per heavy atom. The molecule has 0 amide bonds. The minimum atomic E-state index is -0.322. The van der Waals surface area contributed by atoms with Gasteiger partial charge in [-0.05, 0) is 29.7 Å². The van der Waals surface area contributed by atoms with Gasteiger partial charge in [-0.2, -0.15) is 0 Å². The van der Waals surface area contributed by atoms with Crippen LogP contribution in [0.2, 0.25) is 0 Å². The third-order valence-electron chi connectivity index (χ3n) is 2.91. The Balaban J connectivity index is 2.54. The van der Waals surface area contributed by atoms with Crippen LogP contribution < -0.4 is 26.6 Å². The van der Waals surface area contributed by atoms with Crippen molar-refractivity contribution < 1.29 is 4.74 Å². The fraction of sp³-hybridized carbons (Fsp3) is 0.250. The molecule has 5 heteroatoms. The third kappa shape index (κ3) is 3.72. The van der Waals surface area contributed by atoms with Gasteiger partial charge in [-0.25, -0.2) is 0 Å². The SMILES string of the molecule is COc1ccc(C=c2[nH]c(=O)c(=CC(C)C)[nH]c2=O)cc1. The smallest absolute Gasteiger partial charge is 0.272 e. The van der Waals surface area contributed by atoms with E-state index in [1.165, 1.54) is 0 Å². The fourth-order valence-electron chi connectivity index (χ4n) is 1.91. The summed E-state index contributed by atoms with van der Waals surface area (Å²) in [6, 6.07) is 7.20. The molecule has 0 aliphatic heterocycles. The summed E-state index contributed by atoms with van der Waals surface area (Å²) >= 11 is 0. The van der Waals surface area contributed by atoms with E-state index in [0.717, 1.165) is 11.3 Å². The highest BCUT2D eigenvalue weighted by molar-refractivity contribution is 5.49. The maximum absolute atomic E-state index is 12.0. The van der Waals surface area contributed by atoms with Crippen LogP contribution >= 0.6 is 0 Å². The van der Waals surface area contributed by atoms with E-state index in [2.05, 4.69) is 9.97 Å². The lowest BCUT2D eigenvalue weighted by Crippen LogP contribution is -2.47. The molecule has 2 N–H and O–H groups in total. The molecule has 2 aromatic rings. The van der Waals surface area contributed by atoms with Crippen molar-refractivity contribution in [1.82, 2.24) is 9.97 Å². The van der Waals surface area contributed by atoms with Crippen molar-refractivity contribution in [2.45, 2.75) is 13.8 Å². The van der Waals surface area contributed by atoms with Crippen LogP contribution in [0.15, 0.2) is 33.9 Å². The summed E-state index contributed by atoms with van der Waals surface area (Å²) in [5.41, 5.74) is 0.179. The lowest BCUT2D eigenvalue weighted by atomic mass is 10.2. The Kier molecular flexibility index (Phi) is 4.42. The first-order valence-corrected chi connectivity index (χ1v) is 6.70. The van der Waals surface area contributed by atoms with E-state index in [0.29, 0.717) is 5.35 Å². The first kappa shape index (κ1) is 14.8. The molecule has 5 nitrogen and oxygen atoms in total. The van der Waals surface area contributed by atoms with Crippen molar-refractivity contribution in [2.24, 2.45) is 5.92 Å². The van der Waals surface area contributed by atoms with E-state index in [4.69, 9.17) is 4.74 Å². The first-order valence-electron chi connectivity index (χ1n) is 6.70. The molecule has 0 radical (unpaired) electrons. The summed E-state index contributed by atoms with van der Waals surface area (Å²) in [4.78, 5) is 29.1. The summed E-state index contributed by atoms with van der Waals surface area (Å²) in [6.07, 6.45) is 3.34. The van der Waals surface area contributed by atoms with Crippen LogP contribution in [0.4, 0.5) is 0 Å². The summed E-state index contributed by atoms with van der Waals surface area (Å²) in [5.74, 6) is 0.912. The first-order chi connectivity index (χ1) is 9.99. The lowest BCUT2D eigenvalue weighted by Gasteiger charge is -1.99. The summed E-state index contributed by atoms with van der Waals surface area (Å²) in [7, 11) is 1.59. The van der Waals surface area contributed by atoms with Gasteiger partial charge in [-0.15, -0.1) is 0 Å². The van der Waals surface area contributed by atoms with Gasteiger partial charge >= 0.3 is 0 Å². The number of hydrogen-bond donors (Lipinski definition) is 2. The van der Waals surface area contributed by atoms with Gasteiger partial charge in [-0.3, -0.25) is 9.59 Å². The molecule has 0 bridgehead atoms. The van der Waals surface area contributed by atoms with Gasteiger partial charge in [0.25, 0.3) is 11.1 Å². The molecule has 0 aliphatic carbocycles. The number of methoxy groups -OCH3 is 1. The molecule has 1 aromatic heterocycles. The second kappa shape index (κ2) is 6.26. The van der Waals surface area contributed by atoms with Crippen LogP contribution in [0.1, 0.15) is 19.4 Å². The van der Waals surface area contributed by atoms with Crippen molar-refractivity contribution in [3.63, 3.8) is 0 Å². The number of hydrogen-bond acceptors (Lipinski definition) is 3. The normalized spacial score (nSPS) is 13.0. The summed E-state index contributed by atoms with van der Waals surface area (Å²) in [6.45, 7) is 3.88. The van der Waals surface area contributed by atoms with Crippen LogP contribution in [-0.4, -0.2) is 17.1 Å². The topological polar surface area (TPSA) is 75.0 Å². The maximum Gasteiger partial charge on any atom is 0.272 e. The van der Waals surface area contributed by atoms with E-state index in [-0.39, 0.29) is 22.4 Å². The number of H-pyrrole nitrogens is 2. The zero-order valence-corrected chi connectivity index (χ0v) is 12.3. The zero-order chi connectivity index (χ0) is 15.4. The molecule has 0 saturated carbocycles. The van der Waals surface area contributed by atoms with Crippen molar-refractivity contribution in [1.29, 1.82) is 0 Å². The van der Waals surface area contributed by atoms with Crippen LogP contribution in [0.5, 0.6) is 5.75 Å². The Labute approximate surface area is 121 Å². The summed E-state index contributed by atoms with van der Waals surface area (Å²) in [5, 5.41) is 0.521. The minimum Gasteiger partial charge on any atom is -0.497 e. The largest absolute Gasteiger partial charge is 0.497 e. The molecule has 1 aromatic carbocycles. The van der Waals surface area contributed by atoms with Crippen molar-refractivity contribution >= 4 is 12.2 Å². The summed E-state index contributed by atoms with van der Waals surface area (Å²) < 4.78 is 5.07. The standard InChI is InChI=1S/C16H18N2O3/c1-10(2)8-13-15(19)18-14(16(20)17-13)9-11-4-6-12(21-3)7-5-11/h4-10H,1-3H3,(H,17,20)(H,18,19). The van der Waals surface area contributed by atoms with E-state index in [9.17, 15) is 9.59 Å². The van der Waals surface area contributed by atoms with E-state index < -0.39 is 0 Å². The van der Waals surface area contributed by atoms with Gasteiger partial charge in [0.2, 0.25) is 0 Å². The predicted octanol–water partition coefficient (Wildman–Crippen LogP) is 0.337. The molecular weight excluding hydrogens is 268 g/mol. The second-order valence-corrected chi connectivity index (χ2v) is 5.06. The molecule has 0 aliphatic rings. The van der Waals surface area contributed by atoms with Gasteiger partial charge in [0, 0.05) is 0 Å². The predicted molar refractivity (Wildman–Crippen MR) is 82.8 cm³/mol. The number of rotatable bonds is 3. The molecule has 0 atom stereocenters. The Bertz CT molecular complexity index is 843. The van der Waals surface area contributed by atoms with Gasteiger partial charge in [0.1, 0.15) is 16.4 Å². The molecule has 1 heterocycles. The molecule has 0 saturated heterocycles. The number of nitrogens with one attached hydrogen (secondary N) is 2. The maximum atomic E-state index is 12.0. The Morgan fingerprint density at radius 3 is 2.14 bits per heavy atom. The number of benzene rings is 1. The van der Waals surface area contributed by atoms with Crippen LogP contribution in [0.3, 0.4) is 0 Å². The lowest BCUT2D eigenvalue weighted by molar-refractivity contribution is 0.415. The zero-order valence-electron chi connectivity index (χ0n) is 12.3. The third-order valence-corrected chi connectivity index (χ3v) is 2.91. The highest BCUT2D eigenvalue weighted by atomic mass is 16.5. The average Bonchev–Trinajstić information content (AvgIpc) is 2.44. The van der Waals surface area contributed by atoms with Gasteiger partial charge in [-0.1, -0.05) is 32.1 Å². The van der Waals surface area contributed by atoms with E-state index in [1.54, 1.807) is 31.4 Å². The van der Waals surface area contributed by atoms with Gasteiger partial charge in [0.05, 0.1) is 7.11 Å².